The molecule has 0 saturated carbocycles. The molecule has 17 heavy (non-hydrogen) atoms. The fourth-order valence-electron chi connectivity index (χ4n) is 2.02. The summed E-state index contributed by atoms with van der Waals surface area (Å²) < 4.78 is 1.87. The number of nitrogens with one attached hydrogen (secondary N) is 2. The Bertz CT molecular complexity index is 380. The van der Waals surface area contributed by atoms with Gasteiger partial charge in [0.15, 0.2) is 0 Å². The Balaban J connectivity index is 1.89. The Morgan fingerprint density at radius 1 is 1.71 bits per heavy atom. The Morgan fingerprint density at radius 3 is 3.18 bits per heavy atom. The van der Waals surface area contributed by atoms with E-state index in [1.165, 1.54) is 0 Å². The molecule has 0 bridgehead atoms. The van der Waals surface area contributed by atoms with Gasteiger partial charge in [0.05, 0.1) is 17.8 Å². The van der Waals surface area contributed by atoms with Gasteiger partial charge in [0.1, 0.15) is 0 Å². The third-order valence-corrected chi connectivity index (χ3v) is 2.88. The molecule has 2 heterocycles. The van der Waals surface area contributed by atoms with E-state index in [-0.39, 0.29) is 11.8 Å². The molecule has 1 aromatic rings. The number of anilines is 1. The van der Waals surface area contributed by atoms with Crippen LogP contribution in [0.2, 0.25) is 0 Å². The summed E-state index contributed by atoms with van der Waals surface area (Å²) in [5.74, 6) is 0.750. The average molecular weight is 236 g/mol. The normalized spacial score (nSPS) is 19.8. The summed E-state index contributed by atoms with van der Waals surface area (Å²) in [5.41, 5.74) is 0.794. The molecular weight excluding hydrogens is 216 g/mol. The van der Waals surface area contributed by atoms with Crippen molar-refractivity contribution in [2.45, 2.75) is 26.8 Å². The SMILES string of the molecule is CC(C)Cn1cc(NC(=O)C2CCNC2)cn1. The third kappa shape index (κ3) is 3.30. The van der Waals surface area contributed by atoms with E-state index in [9.17, 15) is 4.79 Å². The minimum atomic E-state index is 0.0964. The molecule has 5 heteroatoms. The highest BCUT2D eigenvalue weighted by atomic mass is 16.1. The van der Waals surface area contributed by atoms with Gasteiger partial charge in [0, 0.05) is 19.3 Å². The predicted octanol–water partition coefficient (Wildman–Crippen LogP) is 1.09. The fraction of sp³-hybridized carbons (Fsp3) is 0.667. The molecule has 0 spiro atoms. The van der Waals surface area contributed by atoms with Gasteiger partial charge in [-0.05, 0) is 18.9 Å². The molecule has 94 valence electrons. The maximum Gasteiger partial charge on any atom is 0.228 e. The molecule has 2 rings (SSSR count). The van der Waals surface area contributed by atoms with Crippen molar-refractivity contribution in [2.75, 3.05) is 18.4 Å². The number of carbonyl (C=O) groups is 1. The highest BCUT2D eigenvalue weighted by Crippen LogP contribution is 2.12. The van der Waals surface area contributed by atoms with E-state index in [4.69, 9.17) is 0 Å². The number of rotatable bonds is 4. The molecule has 1 amide bonds. The standard InChI is InChI=1S/C12H20N4O/c1-9(2)7-16-8-11(6-14-16)15-12(17)10-3-4-13-5-10/h6,8-10,13H,3-5,7H2,1-2H3,(H,15,17). The first kappa shape index (κ1) is 12.1. The lowest BCUT2D eigenvalue weighted by Crippen LogP contribution is -2.24. The minimum Gasteiger partial charge on any atom is -0.323 e. The van der Waals surface area contributed by atoms with E-state index in [2.05, 4.69) is 29.6 Å². The van der Waals surface area contributed by atoms with Crippen molar-refractivity contribution in [3.05, 3.63) is 12.4 Å². The van der Waals surface area contributed by atoms with Crippen molar-refractivity contribution in [1.29, 1.82) is 0 Å². The van der Waals surface area contributed by atoms with Crippen molar-refractivity contribution in [3.63, 3.8) is 0 Å². The van der Waals surface area contributed by atoms with Crippen molar-refractivity contribution in [3.8, 4) is 0 Å². The third-order valence-electron chi connectivity index (χ3n) is 2.88. The van der Waals surface area contributed by atoms with Crippen LogP contribution in [0, 0.1) is 11.8 Å². The molecule has 1 fully saturated rings. The van der Waals surface area contributed by atoms with Crippen LogP contribution in [-0.4, -0.2) is 28.8 Å². The molecule has 0 aromatic carbocycles. The Hall–Kier alpha value is -1.36. The van der Waals surface area contributed by atoms with Crippen LogP contribution in [0.15, 0.2) is 12.4 Å². The summed E-state index contributed by atoms with van der Waals surface area (Å²) in [4.78, 5) is 11.9. The summed E-state index contributed by atoms with van der Waals surface area (Å²) in [6.45, 7) is 6.88. The molecule has 1 unspecified atom stereocenters. The molecule has 1 aliphatic heterocycles. The Morgan fingerprint density at radius 2 is 2.53 bits per heavy atom. The van der Waals surface area contributed by atoms with Crippen LogP contribution in [0.5, 0.6) is 0 Å². The maximum absolute atomic E-state index is 11.9. The van der Waals surface area contributed by atoms with E-state index in [1.54, 1.807) is 6.20 Å². The first-order valence-corrected chi connectivity index (χ1v) is 6.19. The Labute approximate surface area is 102 Å². The zero-order chi connectivity index (χ0) is 12.3. The van der Waals surface area contributed by atoms with E-state index in [0.717, 1.165) is 31.7 Å². The molecule has 2 N–H and O–H groups in total. The lowest BCUT2D eigenvalue weighted by atomic mass is 10.1. The summed E-state index contributed by atoms with van der Waals surface area (Å²) in [5, 5.41) is 10.3. The highest BCUT2D eigenvalue weighted by Gasteiger charge is 2.22. The molecule has 0 radical (unpaired) electrons. The van der Waals surface area contributed by atoms with E-state index < -0.39 is 0 Å². The maximum atomic E-state index is 11.9. The monoisotopic (exact) mass is 236 g/mol. The van der Waals surface area contributed by atoms with Crippen LogP contribution in [-0.2, 0) is 11.3 Å². The zero-order valence-corrected chi connectivity index (χ0v) is 10.4. The molecule has 1 aliphatic rings. The molecule has 1 saturated heterocycles. The zero-order valence-electron chi connectivity index (χ0n) is 10.4. The van der Waals surface area contributed by atoms with Crippen LogP contribution in [0.3, 0.4) is 0 Å². The van der Waals surface area contributed by atoms with E-state index in [1.807, 2.05) is 10.9 Å². The van der Waals surface area contributed by atoms with Gasteiger partial charge in [-0.3, -0.25) is 9.48 Å². The van der Waals surface area contributed by atoms with Gasteiger partial charge < -0.3 is 10.6 Å². The minimum absolute atomic E-state index is 0.0964. The smallest absolute Gasteiger partial charge is 0.228 e. The van der Waals surface area contributed by atoms with Gasteiger partial charge in [-0.25, -0.2) is 0 Å². The number of amides is 1. The molecule has 0 aliphatic carbocycles. The van der Waals surface area contributed by atoms with Gasteiger partial charge in [0.2, 0.25) is 5.91 Å². The van der Waals surface area contributed by atoms with Crippen molar-refractivity contribution < 1.29 is 4.79 Å². The topological polar surface area (TPSA) is 59.0 Å². The largest absolute Gasteiger partial charge is 0.323 e. The molecule has 1 atom stereocenters. The Kier molecular flexibility index (Phi) is 3.78. The number of carbonyl (C=O) groups excluding carboxylic acids is 1. The summed E-state index contributed by atoms with van der Waals surface area (Å²) in [6.07, 6.45) is 4.52. The second kappa shape index (κ2) is 5.31. The van der Waals surface area contributed by atoms with Crippen molar-refractivity contribution in [1.82, 2.24) is 15.1 Å². The first-order chi connectivity index (χ1) is 8.15. The average Bonchev–Trinajstić information content (AvgIpc) is 2.87. The summed E-state index contributed by atoms with van der Waals surface area (Å²) in [6, 6.07) is 0. The van der Waals surface area contributed by atoms with Crippen molar-refractivity contribution >= 4 is 11.6 Å². The summed E-state index contributed by atoms with van der Waals surface area (Å²) >= 11 is 0. The summed E-state index contributed by atoms with van der Waals surface area (Å²) in [7, 11) is 0. The number of nitrogens with zero attached hydrogens (tertiary/aromatic N) is 2. The van der Waals surface area contributed by atoms with Crippen LogP contribution < -0.4 is 10.6 Å². The lowest BCUT2D eigenvalue weighted by molar-refractivity contribution is -0.119. The van der Waals surface area contributed by atoms with Gasteiger partial charge in [0.25, 0.3) is 0 Å². The van der Waals surface area contributed by atoms with Gasteiger partial charge in [-0.1, -0.05) is 13.8 Å². The quantitative estimate of drug-likeness (QED) is 0.822. The number of hydrogen-bond donors (Lipinski definition) is 2. The van der Waals surface area contributed by atoms with Crippen LogP contribution in [0.1, 0.15) is 20.3 Å². The lowest BCUT2D eigenvalue weighted by Gasteiger charge is -2.07. The molecule has 5 nitrogen and oxygen atoms in total. The highest BCUT2D eigenvalue weighted by molar-refractivity contribution is 5.92. The van der Waals surface area contributed by atoms with Gasteiger partial charge in [-0.2, -0.15) is 5.10 Å². The number of aromatic nitrogens is 2. The van der Waals surface area contributed by atoms with Gasteiger partial charge in [-0.15, -0.1) is 0 Å². The van der Waals surface area contributed by atoms with E-state index in [0.29, 0.717) is 5.92 Å². The fourth-order valence-corrected chi connectivity index (χ4v) is 2.02. The van der Waals surface area contributed by atoms with Crippen LogP contribution in [0.4, 0.5) is 5.69 Å². The number of hydrogen-bond acceptors (Lipinski definition) is 3. The van der Waals surface area contributed by atoms with Crippen molar-refractivity contribution in [2.24, 2.45) is 11.8 Å². The predicted molar refractivity (Wildman–Crippen MR) is 66.7 cm³/mol. The van der Waals surface area contributed by atoms with Gasteiger partial charge >= 0.3 is 0 Å². The van der Waals surface area contributed by atoms with Crippen LogP contribution in [0.25, 0.3) is 0 Å². The van der Waals surface area contributed by atoms with Crippen LogP contribution >= 0.6 is 0 Å². The molecular formula is C12H20N4O. The second-order valence-corrected chi connectivity index (χ2v) is 5.02. The second-order valence-electron chi connectivity index (χ2n) is 5.02. The molecule has 1 aromatic heterocycles. The first-order valence-electron chi connectivity index (χ1n) is 6.19. The van der Waals surface area contributed by atoms with E-state index >= 15 is 0 Å².